The van der Waals surface area contributed by atoms with Crippen LogP contribution in [0, 0.1) is 6.92 Å². The lowest BCUT2D eigenvalue weighted by molar-refractivity contribution is 0.0231. The summed E-state index contributed by atoms with van der Waals surface area (Å²) in [7, 11) is 1.74. The first-order valence-corrected chi connectivity index (χ1v) is 5.58. The Bertz CT molecular complexity index is 283. The smallest absolute Gasteiger partial charge is 0.0798 e. The van der Waals surface area contributed by atoms with Gasteiger partial charge in [-0.3, -0.25) is 0 Å². The van der Waals surface area contributed by atoms with E-state index in [1.807, 2.05) is 12.4 Å². The Balaban J connectivity index is 2.32. The standard InChI is InChI=1S/C10H18N2OS/c1-8-9(14-7-12-8)5-11-6-10(2,3)13-4/h7,11H,5-6H2,1-4H3. The predicted molar refractivity (Wildman–Crippen MR) is 59.6 cm³/mol. The monoisotopic (exact) mass is 214 g/mol. The minimum Gasteiger partial charge on any atom is -0.377 e. The molecule has 1 heterocycles. The average molecular weight is 214 g/mol. The molecule has 0 aliphatic rings. The quantitative estimate of drug-likeness (QED) is 0.813. The van der Waals surface area contributed by atoms with Gasteiger partial charge in [0.1, 0.15) is 0 Å². The van der Waals surface area contributed by atoms with Gasteiger partial charge >= 0.3 is 0 Å². The minimum absolute atomic E-state index is 0.0986. The molecule has 4 heteroatoms. The van der Waals surface area contributed by atoms with Crippen molar-refractivity contribution in [2.24, 2.45) is 0 Å². The molecule has 0 spiro atoms. The highest BCUT2D eigenvalue weighted by Gasteiger charge is 2.15. The molecule has 0 radical (unpaired) electrons. The Hall–Kier alpha value is -0.450. The number of nitrogens with zero attached hydrogens (tertiary/aromatic N) is 1. The van der Waals surface area contributed by atoms with E-state index >= 15 is 0 Å². The van der Waals surface area contributed by atoms with Crippen LogP contribution in [0.25, 0.3) is 0 Å². The maximum atomic E-state index is 5.31. The van der Waals surface area contributed by atoms with Crippen molar-refractivity contribution in [2.75, 3.05) is 13.7 Å². The van der Waals surface area contributed by atoms with Gasteiger partial charge in [0.15, 0.2) is 0 Å². The molecule has 0 aliphatic heterocycles. The highest BCUT2D eigenvalue weighted by Crippen LogP contribution is 2.12. The fraction of sp³-hybridized carbons (Fsp3) is 0.700. The Labute approximate surface area is 89.5 Å². The highest BCUT2D eigenvalue weighted by molar-refractivity contribution is 7.09. The van der Waals surface area contributed by atoms with Crippen molar-refractivity contribution in [1.29, 1.82) is 0 Å². The molecule has 0 bridgehead atoms. The van der Waals surface area contributed by atoms with Crippen LogP contribution in [0.15, 0.2) is 5.51 Å². The lowest BCUT2D eigenvalue weighted by Crippen LogP contribution is -2.36. The summed E-state index contributed by atoms with van der Waals surface area (Å²) in [5, 5.41) is 3.37. The molecule has 1 rings (SSSR count). The normalized spacial score (nSPS) is 12.0. The SMILES string of the molecule is COC(C)(C)CNCc1scnc1C. The van der Waals surface area contributed by atoms with Crippen LogP contribution in [0.3, 0.4) is 0 Å². The summed E-state index contributed by atoms with van der Waals surface area (Å²) in [6.07, 6.45) is 0. The molecule has 0 atom stereocenters. The molecule has 0 aromatic carbocycles. The van der Waals surface area contributed by atoms with Gasteiger partial charge in [-0.2, -0.15) is 0 Å². The van der Waals surface area contributed by atoms with E-state index in [1.54, 1.807) is 18.4 Å². The Kier molecular flexibility index (Phi) is 4.04. The molecule has 1 aromatic rings. The van der Waals surface area contributed by atoms with Crippen LogP contribution >= 0.6 is 11.3 Å². The molecule has 14 heavy (non-hydrogen) atoms. The van der Waals surface area contributed by atoms with Gasteiger partial charge in [-0.1, -0.05) is 0 Å². The van der Waals surface area contributed by atoms with Crippen LogP contribution in [0.1, 0.15) is 24.4 Å². The number of aromatic nitrogens is 1. The third-order valence-electron chi connectivity index (χ3n) is 2.23. The summed E-state index contributed by atoms with van der Waals surface area (Å²) in [5.41, 5.74) is 2.91. The number of ether oxygens (including phenoxy) is 1. The van der Waals surface area contributed by atoms with E-state index in [0.717, 1.165) is 18.8 Å². The topological polar surface area (TPSA) is 34.1 Å². The first-order valence-electron chi connectivity index (χ1n) is 4.70. The summed E-state index contributed by atoms with van der Waals surface area (Å²) >= 11 is 1.69. The second kappa shape index (κ2) is 4.87. The minimum atomic E-state index is -0.0986. The van der Waals surface area contributed by atoms with Gasteiger partial charge in [-0.25, -0.2) is 4.98 Å². The molecule has 1 aromatic heterocycles. The first-order chi connectivity index (χ1) is 6.55. The third kappa shape index (κ3) is 3.36. The molecule has 0 unspecified atom stereocenters. The number of rotatable bonds is 5. The molecule has 80 valence electrons. The van der Waals surface area contributed by atoms with E-state index in [9.17, 15) is 0 Å². The molecule has 0 aliphatic carbocycles. The van der Waals surface area contributed by atoms with Crippen molar-refractivity contribution in [2.45, 2.75) is 32.9 Å². The van der Waals surface area contributed by atoms with E-state index in [1.165, 1.54) is 4.88 Å². The zero-order valence-electron chi connectivity index (χ0n) is 9.26. The summed E-state index contributed by atoms with van der Waals surface area (Å²) < 4.78 is 5.31. The lowest BCUT2D eigenvalue weighted by Gasteiger charge is -2.23. The van der Waals surface area contributed by atoms with Crippen molar-refractivity contribution >= 4 is 11.3 Å². The first kappa shape index (κ1) is 11.6. The van der Waals surface area contributed by atoms with Gasteiger partial charge in [0.2, 0.25) is 0 Å². The number of aryl methyl sites for hydroxylation is 1. The Morgan fingerprint density at radius 1 is 1.57 bits per heavy atom. The van der Waals surface area contributed by atoms with Crippen LogP contribution in [-0.4, -0.2) is 24.2 Å². The van der Waals surface area contributed by atoms with Crippen molar-refractivity contribution in [1.82, 2.24) is 10.3 Å². The number of hydrogen-bond acceptors (Lipinski definition) is 4. The van der Waals surface area contributed by atoms with Crippen LogP contribution in [0.2, 0.25) is 0 Å². The van der Waals surface area contributed by atoms with Crippen molar-refractivity contribution in [3.8, 4) is 0 Å². The van der Waals surface area contributed by atoms with Crippen molar-refractivity contribution in [3.05, 3.63) is 16.1 Å². The third-order valence-corrected chi connectivity index (χ3v) is 3.17. The number of nitrogens with one attached hydrogen (secondary N) is 1. The highest BCUT2D eigenvalue weighted by atomic mass is 32.1. The molecule has 0 amide bonds. The summed E-state index contributed by atoms with van der Waals surface area (Å²) in [5.74, 6) is 0. The Morgan fingerprint density at radius 2 is 2.29 bits per heavy atom. The van der Waals surface area contributed by atoms with Gasteiger partial charge in [-0.05, 0) is 20.8 Å². The van der Waals surface area contributed by atoms with Crippen LogP contribution in [-0.2, 0) is 11.3 Å². The zero-order valence-corrected chi connectivity index (χ0v) is 10.1. The zero-order chi connectivity index (χ0) is 10.6. The fourth-order valence-corrected chi connectivity index (χ4v) is 1.79. The van der Waals surface area contributed by atoms with Crippen LogP contribution in [0.4, 0.5) is 0 Å². The van der Waals surface area contributed by atoms with Gasteiger partial charge < -0.3 is 10.1 Å². The number of hydrogen-bond donors (Lipinski definition) is 1. The fourth-order valence-electron chi connectivity index (χ4n) is 1.05. The van der Waals surface area contributed by atoms with E-state index in [2.05, 4.69) is 24.1 Å². The molecule has 0 saturated heterocycles. The second-order valence-corrected chi connectivity index (χ2v) is 4.87. The van der Waals surface area contributed by atoms with Crippen LogP contribution < -0.4 is 5.32 Å². The summed E-state index contributed by atoms with van der Waals surface area (Å²) in [6, 6.07) is 0. The lowest BCUT2D eigenvalue weighted by atomic mass is 10.1. The van der Waals surface area contributed by atoms with E-state index in [4.69, 9.17) is 4.74 Å². The average Bonchev–Trinajstić information content (AvgIpc) is 2.52. The summed E-state index contributed by atoms with van der Waals surface area (Å²) in [4.78, 5) is 5.50. The largest absolute Gasteiger partial charge is 0.377 e. The van der Waals surface area contributed by atoms with Crippen molar-refractivity contribution in [3.63, 3.8) is 0 Å². The molecule has 0 saturated carbocycles. The molecule has 1 N–H and O–H groups in total. The molecule has 3 nitrogen and oxygen atoms in total. The second-order valence-electron chi connectivity index (χ2n) is 3.93. The molecular formula is C10H18N2OS. The number of methoxy groups -OCH3 is 1. The maximum Gasteiger partial charge on any atom is 0.0798 e. The van der Waals surface area contributed by atoms with Crippen LogP contribution in [0.5, 0.6) is 0 Å². The number of thiazole rings is 1. The van der Waals surface area contributed by atoms with Gasteiger partial charge in [0.25, 0.3) is 0 Å². The molecule has 0 fully saturated rings. The van der Waals surface area contributed by atoms with Gasteiger partial charge in [0, 0.05) is 25.1 Å². The van der Waals surface area contributed by atoms with E-state index < -0.39 is 0 Å². The Morgan fingerprint density at radius 3 is 2.79 bits per heavy atom. The summed E-state index contributed by atoms with van der Waals surface area (Å²) in [6.45, 7) is 7.90. The van der Waals surface area contributed by atoms with Gasteiger partial charge in [-0.15, -0.1) is 11.3 Å². The maximum absolute atomic E-state index is 5.31. The van der Waals surface area contributed by atoms with Crippen molar-refractivity contribution < 1.29 is 4.74 Å². The van der Waals surface area contributed by atoms with Gasteiger partial charge in [0.05, 0.1) is 16.8 Å². The van der Waals surface area contributed by atoms with E-state index in [-0.39, 0.29) is 5.60 Å². The van der Waals surface area contributed by atoms with E-state index in [0.29, 0.717) is 0 Å². The predicted octanol–water partition coefficient (Wildman–Crippen LogP) is 1.97. The molecular weight excluding hydrogens is 196 g/mol.